The summed E-state index contributed by atoms with van der Waals surface area (Å²) in [6.45, 7) is 6.19. The molecule has 82 valence electrons. The molecular weight excluding hydrogens is 188 g/mol. The van der Waals surface area contributed by atoms with E-state index in [0.29, 0.717) is 0 Å². The average Bonchev–Trinajstić information content (AvgIpc) is 2.17. The fraction of sp³-hybridized carbons (Fsp3) is 0.538. The molecule has 1 fully saturated rings. The van der Waals surface area contributed by atoms with Crippen molar-refractivity contribution in [2.45, 2.75) is 45.2 Å². The Morgan fingerprint density at radius 2 is 1.87 bits per heavy atom. The molecule has 1 saturated heterocycles. The summed E-state index contributed by atoms with van der Waals surface area (Å²) in [5.41, 5.74) is 1.02. The Morgan fingerprint density at radius 1 is 1.20 bits per heavy atom. The average molecular weight is 206 g/mol. The van der Waals surface area contributed by atoms with Crippen molar-refractivity contribution in [3.63, 3.8) is 0 Å². The topological polar surface area (TPSA) is 18.5 Å². The van der Waals surface area contributed by atoms with E-state index in [1.54, 1.807) is 0 Å². The second-order valence-corrected chi connectivity index (χ2v) is 4.43. The number of benzene rings is 1. The zero-order chi connectivity index (χ0) is 10.9. The molecule has 2 heteroatoms. The maximum absolute atomic E-state index is 5.91. The normalized spacial score (nSPS) is 36.5. The highest BCUT2D eigenvalue weighted by Gasteiger charge is 2.36. The second-order valence-electron chi connectivity index (χ2n) is 4.43. The minimum absolute atomic E-state index is 0.126. The zero-order valence-corrected chi connectivity index (χ0v) is 9.57. The molecule has 2 nitrogen and oxygen atoms in total. The van der Waals surface area contributed by atoms with E-state index < -0.39 is 0 Å². The first-order valence-electron chi connectivity index (χ1n) is 5.49. The predicted molar refractivity (Wildman–Crippen MR) is 59.5 cm³/mol. The number of hydrogen-bond donors (Lipinski definition) is 0. The van der Waals surface area contributed by atoms with Crippen molar-refractivity contribution in [1.82, 2.24) is 0 Å². The van der Waals surface area contributed by atoms with Gasteiger partial charge < -0.3 is 9.47 Å². The minimum Gasteiger partial charge on any atom is -0.350 e. The Balaban J connectivity index is 2.26. The van der Waals surface area contributed by atoms with Crippen LogP contribution in [0.25, 0.3) is 0 Å². The first-order chi connectivity index (χ1) is 7.10. The predicted octanol–water partition coefficient (Wildman–Crippen LogP) is 3.07. The van der Waals surface area contributed by atoms with Crippen LogP contribution in [0, 0.1) is 0 Å². The first kappa shape index (κ1) is 10.7. The lowest BCUT2D eigenvalue weighted by molar-refractivity contribution is -0.270. The molecular formula is C13H18O2. The van der Waals surface area contributed by atoms with Crippen LogP contribution in [0.15, 0.2) is 30.3 Å². The van der Waals surface area contributed by atoms with Crippen molar-refractivity contribution in [3.8, 4) is 0 Å². The van der Waals surface area contributed by atoms with Crippen molar-refractivity contribution in [2.24, 2.45) is 0 Å². The first-order valence-corrected chi connectivity index (χ1v) is 5.49. The Labute approximate surface area is 91.2 Å². The molecule has 0 N–H and O–H groups in total. The fourth-order valence-electron chi connectivity index (χ4n) is 2.34. The number of rotatable bonds is 1. The Morgan fingerprint density at radius 3 is 2.47 bits per heavy atom. The summed E-state index contributed by atoms with van der Waals surface area (Å²) in [6.07, 6.45) is 1.03. The quantitative estimate of drug-likeness (QED) is 0.703. The highest BCUT2D eigenvalue weighted by Crippen LogP contribution is 2.36. The summed E-state index contributed by atoms with van der Waals surface area (Å²) in [6, 6.07) is 10.4. The lowest BCUT2D eigenvalue weighted by Gasteiger charge is -2.41. The van der Waals surface area contributed by atoms with Gasteiger partial charge in [-0.25, -0.2) is 0 Å². The van der Waals surface area contributed by atoms with Crippen molar-refractivity contribution in [1.29, 1.82) is 0 Å². The van der Waals surface area contributed by atoms with Crippen LogP contribution in [0.4, 0.5) is 0 Å². The van der Waals surface area contributed by atoms with E-state index in [4.69, 9.17) is 9.47 Å². The van der Waals surface area contributed by atoms with Crippen molar-refractivity contribution in [2.75, 3.05) is 0 Å². The molecule has 0 saturated carbocycles. The summed E-state index contributed by atoms with van der Waals surface area (Å²) in [5.74, 6) is 0. The molecule has 3 atom stereocenters. The summed E-state index contributed by atoms with van der Waals surface area (Å²) in [5, 5.41) is 0. The van der Waals surface area contributed by atoms with Gasteiger partial charge in [-0.3, -0.25) is 0 Å². The van der Waals surface area contributed by atoms with Crippen LogP contribution in [0.5, 0.6) is 0 Å². The molecule has 2 rings (SSSR count). The lowest BCUT2D eigenvalue weighted by Crippen LogP contribution is -2.41. The van der Waals surface area contributed by atoms with Gasteiger partial charge in [-0.1, -0.05) is 30.3 Å². The summed E-state index contributed by atoms with van der Waals surface area (Å²) in [4.78, 5) is 0. The van der Waals surface area contributed by atoms with E-state index in [1.165, 1.54) is 5.56 Å². The van der Waals surface area contributed by atoms with Crippen LogP contribution in [0.2, 0.25) is 0 Å². The fourth-order valence-corrected chi connectivity index (χ4v) is 2.34. The van der Waals surface area contributed by atoms with Crippen LogP contribution in [-0.2, 0) is 15.1 Å². The van der Waals surface area contributed by atoms with E-state index in [2.05, 4.69) is 38.1 Å². The van der Waals surface area contributed by atoms with Gasteiger partial charge in [0.25, 0.3) is 0 Å². The summed E-state index contributed by atoms with van der Waals surface area (Å²) < 4.78 is 11.5. The molecule has 1 aromatic rings. The van der Waals surface area contributed by atoms with Gasteiger partial charge in [-0.15, -0.1) is 0 Å². The Bertz CT molecular complexity index is 311. The monoisotopic (exact) mass is 206 g/mol. The molecule has 1 aromatic carbocycles. The van der Waals surface area contributed by atoms with Gasteiger partial charge in [0.05, 0.1) is 11.7 Å². The van der Waals surface area contributed by atoms with Crippen LogP contribution in [0.3, 0.4) is 0 Å². The molecule has 0 radical (unpaired) electrons. The van der Waals surface area contributed by atoms with Gasteiger partial charge in [-0.05, 0) is 26.3 Å². The molecule has 1 aliphatic heterocycles. The van der Waals surface area contributed by atoms with Gasteiger partial charge in [0, 0.05) is 6.42 Å². The number of ether oxygens (including phenoxy) is 2. The summed E-state index contributed by atoms with van der Waals surface area (Å²) >= 11 is 0. The van der Waals surface area contributed by atoms with E-state index in [-0.39, 0.29) is 18.0 Å². The zero-order valence-electron chi connectivity index (χ0n) is 9.57. The second kappa shape index (κ2) is 3.95. The van der Waals surface area contributed by atoms with Crippen LogP contribution in [0.1, 0.15) is 32.8 Å². The summed E-state index contributed by atoms with van der Waals surface area (Å²) in [7, 11) is 0. The molecule has 15 heavy (non-hydrogen) atoms. The molecule has 3 unspecified atom stereocenters. The minimum atomic E-state index is -0.210. The highest BCUT2D eigenvalue weighted by molar-refractivity contribution is 5.22. The van der Waals surface area contributed by atoms with Crippen LogP contribution in [-0.4, -0.2) is 12.4 Å². The molecule has 1 aliphatic rings. The van der Waals surface area contributed by atoms with E-state index >= 15 is 0 Å². The van der Waals surface area contributed by atoms with Gasteiger partial charge in [0.15, 0.2) is 6.29 Å². The maximum Gasteiger partial charge on any atom is 0.156 e. The van der Waals surface area contributed by atoms with Crippen molar-refractivity contribution >= 4 is 0 Å². The maximum atomic E-state index is 5.91. The van der Waals surface area contributed by atoms with E-state index in [0.717, 1.165) is 6.42 Å². The lowest BCUT2D eigenvalue weighted by atomic mass is 9.89. The largest absolute Gasteiger partial charge is 0.350 e. The van der Waals surface area contributed by atoms with Crippen LogP contribution < -0.4 is 0 Å². The van der Waals surface area contributed by atoms with Crippen molar-refractivity contribution in [3.05, 3.63) is 35.9 Å². The molecule has 0 spiro atoms. The van der Waals surface area contributed by atoms with Gasteiger partial charge in [0.2, 0.25) is 0 Å². The SMILES string of the molecule is CC1CC(C)(c2ccccc2)OC(C)O1. The highest BCUT2D eigenvalue weighted by atomic mass is 16.7. The molecule has 0 amide bonds. The standard InChI is InChI=1S/C13H18O2/c1-10-9-13(3,15-11(2)14-10)12-7-5-4-6-8-12/h4-8,10-11H,9H2,1-3H3. The van der Waals surface area contributed by atoms with Gasteiger partial charge in [0.1, 0.15) is 0 Å². The van der Waals surface area contributed by atoms with Crippen LogP contribution >= 0.6 is 0 Å². The molecule has 0 aromatic heterocycles. The Hall–Kier alpha value is -0.860. The van der Waals surface area contributed by atoms with E-state index in [1.807, 2.05) is 13.0 Å². The smallest absolute Gasteiger partial charge is 0.156 e. The third-order valence-electron chi connectivity index (χ3n) is 2.91. The molecule has 0 bridgehead atoms. The van der Waals surface area contributed by atoms with Gasteiger partial charge in [-0.2, -0.15) is 0 Å². The Kier molecular flexibility index (Phi) is 2.81. The molecule has 1 heterocycles. The molecule has 0 aliphatic carbocycles. The van der Waals surface area contributed by atoms with Crippen molar-refractivity contribution < 1.29 is 9.47 Å². The number of hydrogen-bond acceptors (Lipinski definition) is 2. The third-order valence-corrected chi connectivity index (χ3v) is 2.91. The van der Waals surface area contributed by atoms with Gasteiger partial charge >= 0.3 is 0 Å². The van der Waals surface area contributed by atoms with E-state index in [9.17, 15) is 0 Å². The third kappa shape index (κ3) is 2.21.